The number of hydrogen-bond donors (Lipinski definition) is 4. The van der Waals surface area contributed by atoms with Crippen LogP contribution in [-0.4, -0.2) is 47.8 Å². The van der Waals surface area contributed by atoms with E-state index in [4.69, 9.17) is 14.9 Å². The fourth-order valence-electron chi connectivity index (χ4n) is 1.95. The average Bonchev–Trinajstić information content (AvgIpc) is 2.50. The Morgan fingerprint density at radius 2 is 1.96 bits per heavy atom. The molecule has 126 valence electrons. The zero-order valence-corrected chi connectivity index (χ0v) is 13.0. The van der Waals surface area contributed by atoms with Crippen molar-refractivity contribution in [2.75, 3.05) is 19.0 Å². The number of nitrogens with one attached hydrogen (secondary N) is 2. The SMILES string of the molecule is CCNc1ccc(C(=O)N[C@@H](CCC(=O)O)C(=O)O)c(OC)c1. The summed E-state index contributed by atoms with van der Waals surface area (Å²) in [4.78, 5) is 33.9. The van der Waals surface area contributed by atoms with Crippen LogP contribution in [0.5, 0.6) is 5.75 Å². The first kappa shape index (κ1) is 18.3. The van der Waals surface area contributed by atoms with Gasteiger partial charge in [-0.25, -0.2) is 4.79 Å². The third-order valence-electron chi connectivity index (χ3n) is 3.08. The zero-order chi connectivity index (χ0) is 17.4. The highest BCUT2D eigenvalue weighted by atomic mass is 16.5. The number of benzene rings is 1. The number of carbonyl (C=O) groups is 3. The topological polar surface area (TPSA) is 125 Å². The Morgan fingerprint density at radius 3 is 2.48 bits per heavy atom. The molecule has 0 spiro atoms. The zero-order valence-electron chi connectivity index (χ0n) is 13.0. The van der Waals surface area contributed by atoms with E-state index in [2.05, 4.69) is 10.6 Å². The highest BCUT2D eigenvalue weighted by Crippen LogP contribution is 2.23. The van der Waals surface area contributed by atoms with Crippen LogP contribution in [0.4, 0.5) is 5.69 Å². The van der Waals surface area contributed by atoms with Gasteiger partial charge in [-0.1, -0.05) is 0 Å². The van der Waals surface area contributed by atoms with E-state index in [0.29, 0.717) is 12.3 Å². The van der Waals surface area contributed by atoms with E-state index in [9.17, 15) is 14.4 Å². The summed E-state index contributed by atoms with van der Waals surface area (Å²) in [5.74, 6) is -2.76. The van der Waals surface area contributed by atoms with Gasteiger partial charge in [0.15, 0.2) is 0 Å². The average molecular weight is 324 g/mol. The van der Waals surface area contributed by atoms with E-state index in [1.807, 2.05) is 6.92 Å². The van der Waals surface area contributed by atoms with Crippen molar-refractivity contribution in [2.24, 2.45) is 0 Å². The Morgan fingerprint density at radius 1 is 1.26 bits per heavy atom. The molecule has 0 saturated heterocycles. The van der Waals surface area contributed by atoms with Crippen LogP contribution in [0.1, 0.15) is 30.1 Å². The molecule has 1 atom stereocenters. The van der Waals surface area contributed by atoms with Crippen LogP contribution in [0.25, 0.3) is 0 Å². The van der Waals surface area contributed by atoms with E-state index in [-0.39, 0.29) is 18.4 Å². The van der Waals surface area contributed by atoms with Crippen LogP contribution >= 0.6 is 0 Å². The van der Waals surface area contributed by atoms with Crippen molar-refractivity contribution in [1.82, 2.24) is 5.32 Å². The molecule has 0 aliphatic heterocycles. The highest BCUT2D eigenvalue weighted by molar-refractivity contribution is 5.99. The molecule has 1 amide bonds. The summed E-state index contributed by atoms with van der Waals surface area (Å²) in [5.41, 5.74) is 0.942. The van der Waals surface area contributed by atoms with Crippen molar-refractivity contribution in [3.05, 3.63) is 23.8 Å². The number of carbonyl (C=O) groups excluding carboxylic acids is 1. The second-order valence-corrected chi connectivity index (χ2v) is 4.74. The Balaban J connectivity index is 2.90. The number of ether oxygens (including phenoxy) is 1. The smallest absolute Gasteiger partial charge is 0.326 e. The van der Waals surface area contributed by atoms with Crippen molar-refractivity contribution < 1.29 is 29.3 Å². The normalized spacial score (nSPS) is 11.4. The standard InChI is InChI=1S/C15H20N2O6/c1-3-16-9-4-5-10(12(8-9)23-2)14(20)17-11(15(21)22)6-7-13(18)19/h4-5,8,11,16H,3,6-7H2,1-2H3,(H,17,20)(H,18,19)(H,21,22)/t11-/m0/s1. The molecule has 0 radical (unpaired) electrons. The molecule has 0 unspecified atom stereocenters. The molecule has 23 heavy (non-hydrogen) atoms. The van der Waals surface area contributed by atoms with Crippen molar-refractivity contribution in [3.63, 3.8) is 0 Å². The second kappa shape index (κ2) is 8.62. The minimum Gasteiger partial charge on any atom is -0.496 e. The third kappa shape index (κ3) is 5.50. The number of rotatable bonds is 9. The summed E-state index contributed by atoms with van der Waals surface area (Å²) in [6.07, 6.45) is -0.554. The fourth-order valence-corrected chi connectivity index (χ4v) is 1.95. The highest BCUT2D eigenvalue weighted by Gasteiger charge is 2.23. The van der Waals surface area contributed by atoms with Crippen LogP contribution in [0.15, 0.2) is 18.2 Å². The van der Waals surface area contributed by atoms with Gasteiger partial charge in [0.25, 0.3) is 5.91 Å². The maximum absolute atomic E-state index is 12.2. The second-order valence-electron chi connectivity index (χ2n) is 4.74. The summed E-state index contributed by atoms with van der Waals surface area (Å²) in [6, 6.07) is 3.54. The molecule has 0 bridgehead atoms. The Hall–Kier alpha value is -2.77. The lowest BCUT2D eigenvalue weighted by molar-refractivity contribution is -0.140. The third-order valence-corrected chi connectivity index (χ3v) is 3.08. The maximum Gasteiger partial charge on any atom is 0.326 e. The van der Waals surface area contributed by atoms with Gasteiger partial charge in [0.05, 0.1) is 12.7 Å². The van der Waals surface area contributed by atoms with Crippen molar-refractivity contribution in [1.29, 1.82) is 0 Å². The van der Waals surface area contributed by atoms with Crippen LogP contribution < -0.4 is 15.4 Å². The van der Waals surface area contributed by atoms with Crippen LogP contribution in [0, 0.1) is 0 Å². The fraction of sp³-hybridized carbons (Fsp3) is 0.400. The molecule has 8 nitrogen and oxygen atoms in total. The van der Waals surface area contributed by atoms with Gasteiger partial charge >= 0.3 is 11.9 Å². The summed E-state index contributed by atoms with van der Waals surface area (Å²) in [6.45, 7) is 2.62. The molecular weight excluding hydrogens is 304 g/mol. The number of carboxylic acid groups (broad SMARTS) is 2. The minimum absolute atomic E-state index is 0.177. The van der Waals surface area contributed by atoms with E-state index in [1.54, 1.807) is 12.1 Å². The number of aliphatic carboxylic acids is 2. The lowest BCUT2D eigenvalue weighted by Crippen LogP contribution is -2.41. The lowest BCUT2D eigenvalue weighted by Gasteiger charge is -2.16. The van der Waals surface area contributed by atoms with E-state index in [0.717, 1.165) is 5.69 Å². The van der Waals surface area contributed by atoms with Gasteiger partial charge in [0.1, 0.15) is 11.8 Å². The van der Waals surface area contributed by atoms with Gasteiger partial charge < -0.3 is 25.6 Å². The molecule has 0 fully saturated rings. The monoisotopic (exact) mass is 324 g/mol. The summed E-state index contributed by atoms with van der Waals surface area (Å²) in [5, 5.41) is 23.1. The minimum atomic E-state index is -1.29. The number of carboxylic acids is 2. The molecule has 0 aromatic heterocycles. The lowest BCUT2D eigenvalue weighted by atomic mass is 10.1. The van der Waals surface area contributed by atoms with E-state index in [1.165, 1.54) is 13.2 Å². The van der Waals surface area contributed by atoms with Crippen LogP contribution in [-0.2, 0) is 9.59 Å². The van der Waals surface area contributed by atoms with Crippen molar-refractivity contribution in [2.45, 2.75) is 25.8 Å². The van der Waals surface area contributed by atoms with Crippen LogP contribution in [0.3, 0.4) is 0 Å². The molecule has 0 saturated carbocycles. The number of amides is 1. The Bertz CT molecular complexity index is 587. The molecule has 0 aliphatic rings. The summed E-state index contributed by atoms with van der Waals surface area (Å²) < 4.78 is 5.15. The first-order valence-corrected chi connectivity index (χ1v) is 7.06. The molecular formula is C15H20N2O6. The largest absolute Gasteiger partial charge is 0.496 e. The molecule has 0 aliphatic carbocycles. The first-order chi connectivity index (χ1) is 10.9. The molecule has 1 rings (SSSR count). The maximum atomic E-state index is 12.2. The number of methoxy groups -OCH3 is 1. The van der Waals surface area contributed by atoms with Gasteiger partial charge in [-0.05, 0) is 25.5 Å². The van der Waals surface area contributed by atoms with Gasteiger partial charge in [-0.3, -0.25) is 9.59 Å². The predicted molar refractivity (Wildman–Crippen MR) is 82.9 cm³/mol. The molecule has 8 heteroatoms. The quantitative estimate of drug-likeness (QED) is 0.537. The van der Waals surface area contributed by atoms with Gasteiger partial charge in [-0.15, -0.1) is 0 Å². The van der Waals surface area contributed by atoms with Gasteiger partial charge in [0, 0.05) is 24.7 Å². The van der Waals surface area contributed by atoms with Gasteiger partial charge in [0.2, 0.25) is 0 Å². The predicted octanol–water partition coefficient (Wildman–Crippen LogP) is 1.17. The van der Waals surface area contributed by atoms with Crippen LogP contribution in [0.2, 0.25) is 0 Å². The van der Waals surface area contributed by atoms with E-state index >= 15 is 0 Å². The summed E-state index contributed by atoms with van der Waals surface area (Å²) in [7, 11) is 1.40. The number of anilines is 1. The summed E-state index contributed by atoms with van der Waals surface area (Å²) >= 11 is 0. The molecule has 1 aromatic carbocycles. The molecule has 4 N–H and O–H groups in total. The van der Waals surface area contributed by atoms with Crippen molar-refractivity contribution in [3.8, 4) is 5.75 Å². The first-order valence-electron chi connectivity index (χ1n) is 7.06. The molecule has 1 aromatic rings. The van der Waals surface area contributed by atoms with E-state index < -0.39 is 23.9 Å². The Kier molecular flexibility index (Phi) is 6.85. The van der Waals surface area contributed by atoms with Gasteiger partial charge in [-0.2, -0.15) is 0 Å². The number of hydrogen-bond acceptors (Lipinski definition) is 5. The molecule has 0 heterocycles. The van der Waals surface area contributed by atoms with Crippen molar-refractivity contribution >= 4 is 23.5 Å². The Labute approximate surface area is 133 Å².